The third-order valence-corrected chi connectivity index (χ3v) is 5.81. The number of hydrogen-bond acceptors (Lipinski definition) is 3. The van der Waals surface area contributed by atoms with E-state index in [2.05, 4.69) is 5.32 Å². The Morgan fingerprint density at radius 1 is 1.08 bits per heavy atom. The molecule has 0 aromatic heterocycles. The molecule has 7 heteroatoms. The van der Waals surface area contributed by atoms with Crippen LogP contribution >= 0.6 is 11.6 Å². The van der Waals surface area contributed by atoms with E-state index in [0.29, 0.717) is 18.0 Å². The van der Waals surface area contributed by atoms with Gasteiger partial charge in [-0.2, -0.15) is 4.31 Å². The molecule has 0 radical (unpaired) electrons. The van der Waals surface area contributed by atoms with Gasteiger partial charge >= 0.3 is 0 Å². The Morgan fingerprint density at radius 2 is 1.68 bits per heavy atom. The first-order chi connectivity index (χ1) is 11.8. The maximum absolute atomic E-state index is 12.4. The Balaban J connectivity index is 1.86. The van der Waals surface area contributed by atoms with E-state index in [9.17, 15) is 13.2 Å². The van der Waals surface area contributed by atoms with Crippen molar-refractivity contribution >= 4 is 27.5 Å². The molecule has 0 fully saturated rings. The van der Waals surface area contributed by atoms with Gasteiger partial charge in [0.05, 0.1) is 11.4 Å². The topological polar surface area (TPSA) is 66.5 Å². The molecule has 5 nitrogen and oxygen atoms in total. The van der Waals surface area contributed by atoms with Gasteiger partial charge in [0.2, 0.25) is 15.9 Å². The largest absolute Gasteiger partial charge is 0.355 e. The molecule has 0 atom stereocenters. The minimum absolute atomic E-state index is 0.176. The van der Waals surface area contributed by atoms with E-state index < -0.39 is 10.0 Å². The molecular formula is C18H21ClN2O3S. The van der Waals surface area contributed by atoms with Crippen LogP contribution in [-0.4, -0.2) is 38.8 Å². The van der Waals surface area contributed by atoms with Gasteiger partial charge in [-0.3, -0.25) is 4.79 Å². The van der Waals surface area contributed by atoms with Crippen LogP contribution in [0.15, 0.2) is 53.4 Å². The molecule has 0 bridgehead atoms. The first kappa shape index (κ1) is 19.4. The maximum atomic E-state index is 12.4. The summed E-state index contributed by atoms with van der Waals surface area (Å²) in [6.07, 6.45) is 0.650. The molecule has 25 heavy (non-hydrogen) atoms. The standard InChI is InChI=1S/C18H21ClN2O3S/c1-14-3-9-17(10-4-14)25(23,24)21(2)13-18(22)20-12-11-15-5-7-16(19)8-6-15/h3-10H,11-13H2,1-2H3,(H,20,22). The Hall–Kier alpha value is -1.89. The van der Waals surface area contributed by atoms with Crippen molar-refractivity contribution in [3.63, 3.8) is 0 Å². The molecule has 0 spiro atoms. The Kier molecular flexibility index (Phi) is 6.58. The number of halogens is 1. The molecule has 0 aliphatic rings. The number of carbonyl (C=O) groups excluding carboxylic acids is 1. The van der Waals surface area contributed by atoms with Crippen molar-refractivity contribution in [3.8, 4) is 0 Å². The van der Waals surface area contributed by atoms with Crippen LogP contribution in [0.5, 0.6) is 0 Å². The van der Waals surface area contributed by atoms with E-state index in [1.807, 2.05) is 19.1 Å². The van der Waals surface area contributed by atoms with Gasteiger partial charge in [0, 0.05) is 18.6 Å². The summed E-state index contributed by atoms with van der Waals surface area (Å²) in [5.74, 6) is -0.341. The normalized spacial score (nSPS) is 11.5. The number of nitrogens with zero attached hydrogens (tertiary/aromatic N) is 1. The van der Waals surface area contributed by atoms with E-state index >= 15 is 0 Å². The van der Waals surface area contributed by atoms with Crippen LogP contribution < -0.4 is 5.32 Å². The summed E-state index contributed by atoms with van der Waals surface area (Å²) >= 11 is 5.82. The monoisotopic (exact) mass is 380 g/mol. The third-order valence-electron chi connectivity index (χ3n) is 3.74. The Morgan fingerprint density at radius 3 is 2.28 bits per heavy atom. The lowest BCUT2D eigenvalue weighted by molar-refractivity contribution is -0.121. The predicted molar refractivity (Wildman–Crippen MR) is 99.2 cm³/mol. The minimum Gasteiger partial charge on any atom is -0.355 e. The molecule has 1 amide bonds. The number of amides is 1. The molecule has 2 aromatic carbocycles. The summed E-state index contributed by atoms with van der Waals surface area (Å²) in [4.78, 5) is 12.2. The third kappa shape index (κ3) is 5.56. The van der Waals surface area contributed by atoms with E-state index in [0.717, 1.165) is 15.4 Å². The van der Waals surface area contributed by atoms with Crippen LogP contribution in [0, 0.1) is 6.92 Å². The number of likely N-dealkylation sites (N-methyl/N-ethyl adjacent to an activating group) is 1. The fraction of sp³-hybridized carbons (Fsp3) is 0.278. The fourth-order valence-corrected chi connectivity index (χ4v) is 3.48. The van der Waals surface area contributed by atoms with Crippen molar-refractivity contribution in [1.82, 2.24) is 9.62 Å². The van der Waals surface area contributed by atoms with Crippen LogP contribution in [0.25, 0.3) is 0 Å². The second-order valence-electron chi connectivity index (χ2n) is 5.80. The molecule has 0 heterocycles. The Labute approximate surface area is 153 Å². The number of rotatable bonds is 7. The lowest BCUT2D eigenvalue weighted by atomic mass is 10.1. The number of nitrogens with one attached hydrogen (secondary N) is 1. The van der Waals surface area contributed by atoms with Gasteiger partial charge < -0.3 is 5.32 Å². The highest BCUT2D eigenvalue weighted by molar-refractivity contribution is 7.89. The number of benzene rings is 2. The quantitative estimate of drug-likeness (QED) is 0.802. The highest BCUT2D eigenvalue weighted by Gasteiger charge is 2.22. The van der Waals surface area contributed by atoms with E-state index in [4.69, 9.17) is 11.6 Å². The summed E-state index contributed by atoms with van der Waals surface area (Å²) in [6, 6.07) is 13.9. The second kappa shape index (κ2) is 8.47. The summed E-state index contributed by atoms with van der Waals surface area (Å²) in [7, 11) is -2.28. The van der Waals surface area contributed by atoms with Gasteiger partial charge in [-0.25, -0.2) is 8.42 Å². The zero-order chi connectivity index (χ0) is 18.4. The second-order valence-corrected chi connectivity index (χ2v) is 8.28. The zero-order valence-corrected chi connectivity index (χ0v) is 15.8. The van der Waals surface area contributed by atoms with Gasteiger partial charge in [-0.05, 0) is 43.2 Å². The summed E-state index contributed by atoms with van der Waals surface area (Å²) < 4.78 is 25.9. The Bertz CT molecular complexity index is 818. The molecule has 134 valence electrons. The molecular weight excluding hydrogens is 360 g/mol. The number of carbonyl (C=O) groups is 1. The number of sulfonamides is 1. The van der Waals surface area contributed by atoms with Crippen molar-refractivity contribution in [2.24, 2.45) is 0 Å². The summed E-state index contributed by atoms with van der Waals surface area (Å²) in [5, 5.41) is 3.39. The fourth-order valence-electron chi connectivity index (χ4n) is 2.23. The minimum atomic E-state index is -3.67. The van der Waals surface area contributed by atoms with Gasteiger partial charge in [-0.15, -0.1) is 0 Å². The van der Waals surface area contributed by atoms with Crippen molar-refractivity contribution in [2.45, 2.75) is 18.2 Å². The average Bonchev–Trinajstić information content (AvgIpc) is 2.57. The average molecular weight is 381 g/mol. The molecule has 2 aromatic rings. The van der Waals surface area contributed by atoms with Crippen LogP contribution in [-0.2, 0) is 21.2 Å². The lowest BCUT2D eigenvalue weighted by Crippen LogP contribution is -2.39. The molecule has 0 aliphatic heterocycles. The number of hydrogen-bond donors (Lipinski definition) is 1. The summed E-state index contributed by atoms with van der Waals surface area (Å²) in [5.41, 5.74) is 2.02. The first-order valence-corrected chi connectivity index (χ1v) is 9.65. The first-order valence-electron chi connectivity index (χ1n) is 7.83. The van der Waals surface area contributed by atoms with Crippen LogP contribution in [0.2, 0.25) is 5.02 Å². The van der Waals surface area contributed by atoms with E-state index in [1.165, 1.54) is 7.05 Å². The van der Waals surface area contributed by atoms with E-state index in [-0.39, 0.29) is 17.3 Å². The zero-order valence-electron chi connectivity index (χ0n) is 14.2. The van der Waals surface area contributed by atoms with Crippen LogP contribution in [0.1, 0.15) is 11.1 Å². The highest BCUT2D eigenvalue weighted by Crippen LogP contribution is 2.14. The van der Waals surface area contributed by atoms with Gasteiger partial charge in [0.15, 0.2) is 0 Å². The molecule has 0 unspecified atom stereocenters. The molecule has 0 aliphatic carbocycles. The molecule has 0 saturated carbocycles. The van der Waals surface area contributed by atoms with Crippen molar-refractivity contribution < 1.29 is 13.2 Å². The van der Waals surface area contributed by atoms with Crippen LogP contribution in [0.4, 0.5) is 0 Å². The van der Waals surface area contributed by atoms with Gasteiger partial charge in [-0.1, -0.05) is 41.4 Å². The molecule has 0 saturated heterocycles. The summed E-state index contributed by atoms with van der Waals surface area (Å²) in [6.45, 7) is 2.09. The predicted octanol–water partition coefficient (Wildman–Crippen LogP) is 2.63. The lowest BCUT2D eigenvalue weighted by Gasteiger charge is -2.17. The van der Waals surface area contributed by atoms with Crippen molar-refractivity contribution in [1.29, 1.82) is 0 Å². The molecule has 2 rings (SSSR count). The van der Waals surface area contributed by atoms with E-state index in [1.54, 1.807) is 36.4 Å². The molecule has 1 N–H and O–H groups in total. The smallest absolute Gasteiger partial charge is 0.243 e. The maximum Gasteiger partial charge on any atom is 0.243 e. The van der Waals surface area contributed by atoms with Crippen molar-refractivity contribution in [3.05, 3.63) is 64.7 Å². The van der Waals surface area contributed by atoms with Gasteiger partial charge in [0.1, 0.15) is 0 Å². The SMILES string of the molecule is Cc1ccc(S(=O)(=O)N(C)CC(=O)NCCc2ccc(Cl)cc2)cc1. The highest BCUT2D eigenvalue weighted by atomic mass is 35.5. The van der Waals surface area contributed by atoms with Crippen LogP contribution in [0.3, 0.4) is 0 Å². The number of aryl methyl sites for hydroxylation is 1. The van der Waals surface area contributed by atoms with Crippen molar-refractivity contribution in [2.75, 3.05) is 20.1 Å². The van der Waals surface area contributed by atoms with Gasteiger partial charge in [0.25, 0.3) is 0 Å².